The molecule has 0 atom stereocenters. The largest absolute Gasteiger partial charge is 0.465 e. The van der Waals surface area contributed by atoms with Crippen LogP contribution in [0.4, 0.5) is 10.5 Å². The van der Waals surface area contributed by atoms with Crippen molar-refractivity contribution in [2.75, 3.05) is 4.90 Å². The predicted molar refractivity (Wildman–Crippen MR) is 75.2 cm³/mol. The number of hydrogen-bond donors (Lipinski definition) is 1. The van der Waals surface area contributed by atoms with Gasteiger partial charge in [-0.05, 0) is 24.3 Å². The van der Waals surface area contributed by atoms with Crippen molar-refractivity contribution in [3.05, 3.63) is 59.2 Å². The first-order valence-electron chi connectivity index (χ1n) is 6.16. The number of anilines is 1. The van der Waals surface area contributed by atoms with E-state index in [4.69, 9.17) is 4.42 Å². The highest BCUT2D eigenvalue weighted by molar-refractivity contribution is 5.85. The number of nitrogens with zero attached hydrogens (tertiary/aromatic N) is 3. The van der Waals surface area contributed by atoms with Crippen molar-refractivity contribution in [3.63, 3.8) is 0 Å². The fraction of sp³-hybridized carbons (Fsp3) is 0.0714. The van der Waals surface area contributed by atoms with Gasteiger partial charge in [0.1, 0.15) is 6.67 Å². The van der Waals surface area contributed by atoms with E-state index in [0.717, 1.165) is 4.90 Å². The molecule has 2 heterocycles. The molecule has 1 amide bonds. The van der Waals surface area contributed by atoms with Gasteiger partial charge in [-0.25, -0.2) is 19.1 Å². The third-order valence-corrected chi connectivity index (χ3v) is 3.01. The van der Waals surface area contributed by atoms with Gasteiger partial charge in [-0.15, -0.1) is 0 Å². The van der Waals surface area contributed by atoms with E-state index in [1.165, 1.54) is 10.8 Å². The SMILES string of the molecule is O=C(O)N(Cn1c(=O)oc2cccnc21)c1ccccc1. The van der Waals surface area contributed by atoms with E-state index in [1.807, 2.05) is 0 Å². The molecule has 0 aliphatic rings. The van der Waals surface area contributed by atoms with Crippen LogP contribution in [0.3, 0.4) is 0 Å². The van der Waals surface area contributed by atoms with Crippen LogP contribution in [0, 0.1) is 0 Å². The minimum atomic E-state index is -1.17. The molecule has 0 spiro atoms. The molecule has 7 heteroatoms. The number of amides is 1. The Morgan fingerprint density at radius 3 is 2.71 bits per heavy atom. The van der Waals surface area contributed by atoms with Gasteiger partial charge in [0.15, 0.2) is 11.2 Å². The van der Waals surface area contributed by atoms with Crippen LogP contribution < -0.4 is 10.7 Å². The molecule has 0 aliphatic heterocycles. The zero-order valence-corrected chi connectivity index (χ0v) is 10.8. The first kappa shape index (κ1) is 12.9. The Hall–Kier alpha value is -3.09. The summed E-state index contributed by atoms with van der Waals surface area (Å²) in [6, 6.07) is 11.8. The molecule has 106 valence electrons. The highest BCUT2D eigenvalue weighted by Crippen LogP contribution is 2.16. The lowest BCUT2D eigenvalue weighted by atomic mass is 10.3. The van der Waals surface area contributed by atoms with E-state index in [-0.39, 0.29) is 6.67 Å². The third kappa shape index (κ3) is 2.36. The second-order valence-corrected chi connectivity index (χ2v) is 4.31. The molecule has 0 unspecified atom stereocenters. The molecular weight excluding hydrogens is 274 g/mol. The van der Waals surface area contributed by atoms with Crippen molar-refractivity contribution in [2.24, 2.45) is 0 Å². The zero-order valence-electron chi connectivity index (χ0n) is 10.8. The fourth-order valence-electron chi connectivity index (χ4n) is 2.03. The van der Waals surface area contributed by atoms with E-state index >= 15 is 0 Å². The molecule has 0 saturated carbocycles. The highest BCUT2D eigenvalue weighted by Gasteiger charge is 2.18. The van der Waals surface area contributed by atoms with Crippen molar-refractivity contribution in [1.29, 1.82) is 0 Å². The van der Waals surface area contributed by atoms with Gasteiger partial charge in [0.25, 0.3) is 0 Å². The van der Waals surface area contributed by atoms with Gasteiger partial charge < -0.3 is 9.52 Å². The van der Waals surface area contributed by atoms with Crippen LogP contribution in [0.25, 0.3) is 11.2 Å². The number of aromatic nitrogens is 2. The zero-order chi connectivity index (χ0) is 14.8. The average Bonchev–Trinajstić information content (AvgIpc) is 2.81. The standard InChI is InChI=1S/C14H11N3O4/c18-13(19)16(10-5-2-1-3-6-10)9-17-12-11(21-14(17)20)7-4-8-15-12/h1-8H,9H2,(H,18,19). The summed E-state index contributed by atoms with van der Waals surface area (Å²) in [5, 5.41) is 9.35. The lowest BCUT2D eigenvalue weighted by Crippen LogP contribution is -2.34. The molecule has 0 bridgehead atoms. The summed E-state index contributed by atoms with van der Waals surface area (Å²) >= 11 is 0. The maximum Gasteiger partial charge on any atom is 0.422 e. The van der Waals surface area contributed by atoms with Crippen molar-refractivity contribution in [1.82, 2.24) is 9.55 Å². The quantitative estimate of drug-likeness (QED) is 0.796. The number of rotatable bonds is 3. The number of pyridine rings is 1. The summed E-state index contributed by atoms with van der Waals surface area (Å²) < 4.78 is 6.22. The number of hydrogen-bond acceptors (Lipinski definition) is 4. The molecule has 21 heavy (non-hydrogen) atoms. The second-order valence-electron chi connectivity index (χ2n) is 4.31. The molecule has 2 aromatic heterocycles. The Labute approximate surface area is 118 Å². The van der Waals surface area contributed by atoms with Crippen LogP contribution in [-0.2, 0) is 6.67 Å². The number of carboxylic acid groups (broad SMARTS) is 1. The Morgan fingerprint density at radius 1 is 1.24 bits per heavy atom. The monoisotopic (exact) mass is 285 g/mol. The van der Waals surface area contributed by atoms with Gasteiger partial charge in [0.05, 0.1) is 0 Å². The van der Waals surface area contributed by atoms with Crippen molar-refractivity contribution < 1.29 is 14.3 Å². The Balaban J connectivity index is 2.05. The van der Waals surface area contributed by atoms with E-state index in [1.54, 1.807) is 42.5 Å². The van der Waals surface area contributed by atoms with Crippen molar-refractivity contribution in [3.8, 4) is 0 Å². The summed E-state index contributed by atoms with van der Waals surface area (Å²) in [6.07, 6.45) is 0.347. The lowest BCUT2D eigenvalue weighted by Gasteiger charge is -2.18. The first-order chi connectivity index (χ1) is 10.2. The molecule has 3 aromatic rings. The molecule has 0 aliphatic carbocycles. The van der Waals surface area contributed by atoms with Gasteiger partial charge in [0.2, 0.25) is 0 Å². The van der Waals surface area contributed by atoms with Crippen LogP contribution in [0.15, 0.2) is 57.9 Å². The van der Waals surface area contributed by atoms with Gasteiger partial charge in [0, 0.05) is 11.9 Å². The van der Waals surface area contributed by atoms with Crippen molar-refractivity contribution in [2.45, 2.75) is 6.67 Å². The Bertz CT molecular complexity index is 838. The third-order valence-electron chi connectivity index (χ3n) is 3.01. The highest BCUT2D eigenvalue weighted by atomic mass is 16.4. The van der Waals surface area contributed by atoms with E-state index in [0.29, 0.717) is 16.9 Å². The van der Waals surface area contributed by atoms with Crippen LogP contribution in [0.2, 0.25) is 0 Å². The normalized spacial score (nSPS) is 10.7. The number of oxazole rings is 1. The van der Waals surface area contributed by atoms with Crippen LogP contribution in [0.5, 0.6) is 0 Å². The average molecular weight is 285 g/mol. The fourth-order valence-corrected chi connectivity index (χ4v) is 2.03. The summed E-state index contributed by atoms with van der Waals surface area (Å²) in [7, 11) is 0. The minimum absolute atomic E-state index is 0.192. The smallest absolute Gasteiger partial charge is 0.422 e. The molecule has 0 radical (unpaired) electrons. The maximum atomic E-state index is 11.9. The molecule has 1 aromatic carbocycles. The summed E-state index contributed by atoms with van der Waals surface area (Å²) in [6.45, 7) is -0.192. The van der Waals surface area contributed by atoms with Gasteiger partial charge in [-0.3, -0.25) is 4.90 Å². The van der Waals surface area contributed by atoms with E-state index in [2.05, 4.69) is 4.98 Å². The maximum absolute atomic E-state index is 11.9. The minimum Gasteiger partial charge on any atom is -0.465 e. The predicted octanol–water partition coefficient (Wildman–Crippen LogP) is 2.13. The molecule has 0 fully saturated rings. The van der Waals surface area contributed by atoms with Gasteiger partial charge >= 0.3 is 11.8 Å². The molecule has 1 N–H and O–H groups in total. The molecular formula is C14H11N3O4. The number of carbonyl (C=O) groups is 1. The number of para-hydroxylation sites is 1. The topological polar surface area (TPSA) is 88.6 Å². The molecule has 7 nitrogen and oxygen atoms in total. The van der Waals surface area contributed by atoms with Gasteiger partial charge in [-0.2, -0.15) is 0 Å². The van der Waals surface area contributed by atoms with E-state index in [9.17, 15) is 14.7 Å². The van der Waals surface area contributed by atoms with Crippen LogP contribution in [-0.4, -0.2) is 20.8 Å². The Morgan fingerprint density at radius 2 is 2.00 bits per heavy atom. The summed E-state index contributed by atoms with van der Waals surface area (Å²) in [4.78, 5) is 28.4. The van der Waals surface area contributed by atoms with Crippen molar-refractivity contribution >= 4 is 23.0 Å². The number of fused-ring (bicyclic) bond motifs is 1. The van der Waals surface area contributed by atoms with Crippen LogP contribution in [0.1, 0.15) is 0 Å². The molecule has 3 rings (SSSR count). The van der Waals surface area contributed by atoms with E-state index < -0.39 is 11.8 Å². The number of benzene rings is 1. The second kappa shape index (κ2) is 5.12. The summed E-state index contributed by atoms with van der Waals surface area (Å²) in [5.41, 5.74) is 1.09. The van der Waals surface area contributed by atoms with Crippen LogP contribution >= 0.6 is 0 Å². The first-order valence-corrected chi connectivity index (χ1v) is 6.16. The summed E-state index contributed by atoms with van der Waals surface area (Å²) in [5.74, 6) is -0.647. The molecule has 0 saturated heterocycles. The van der Waals surface area contributed by atoms with Gasteiger partial charge in [-0.1, -0.05) is 18.2 Å². The Kier molecular flexibility index (Phi) is 3.15. The lowest BCUT2D eigenvalue weighted by molar-refractivity contribution is 0.199.